The van der Waals surface area contributed by atoms with E-state index in [1.807, 2.05) is 30.3 Å². The van der Waals surface area contributed by atoms with Crippen LogP contribution in [0, 0.1) is 0 Å². The minimum absolute atomic E-state index is 0.104. The van der Waals surface area contributed by atoms with Crippen molar-refractivity contribution >= 4 is 21.8 Å². The van der Waals surface area contributed by atoms with Gasteiger partial charge in [0.1, 0.15) is 4.60 Å². The van der Waals surface area contributed by atoms with Gasteiger partial charge in [0, 0.05) is 11.8 Å². The number of hydrogen-bond acceptors (Lipinski definition) is 3. The third-order valence-electron chi connectivity index (χ3n) is 2.87. The van der Waals surface area contributed by atoms with Gasteiger partial charge in [-0.05, 0) is 40.0 Å². The van der Waals surface area contributed by atoms with Gasteiger partial charge in [0.25, 0.3) is 5.91 Å². The van der Waals surface area contributed by atoms with Gasteiger partial charge in [0.15, 0.2) is 0 Å². The van der Waals surface area contributed by atoms with E-state index in [1.165, 1.54) is 0 Å². The summed E-state index contributed by atoms with van der Waals surface area (Å²) < 4.78 is 0.605. The first kappa shape index (κ1) is 14.7. The first-order valence-corrected chi connectivity index (χ1v) is 7.05. The third kappa shape index (κ3) is 4.15. The fraction of sp³-hybridized carbons (Fsp3) is 0.200. The van der Waals surface area contributed by atoms with Crippen LogP contribution in [0.25, 0.3) is 0 Å². The lowest BCUT2D eigenvalue weighted by molar-refractivity contribution is 0.0916. The monoisotopic (exact) mass is 334 g/mol. The minimum atomic E-state index is -0.308. The smallest absolute Gasteiger partial charge is 0.251 e. The number of rotatable bonds is 5. The van der Waals surface area contributed by atoms with Crippen molar-refractivity contribution in [3.8, 4) is 0 Å². The van der Waals surface area contributed by atoms with E-state index in [-0.39, 0.29) is 18.6 Å². The normalized spacial score (nSPS) is 11.9. The topological polar surface area (TPSA) is 62.2 Å². The Labute approximate surface area is 126 Å². The molecule has 1 aromatic carbocycles. The number of pyridine rings is 1. The van der Waals surface area contributed by atoms with E-state index in [4.69, 9.17) is 0 Å². The van der Waals surface area contributed by atoms with Crippen molar-refractivity contribution in [2.45, 2.75) is 12.5 Å². The Hall–Kier alpha value is -1.72. The summed E-state index contributed by atoms with van der Waals surface area (Å²) in [5.41, 5.74) is 1.58. The molecule has 2 aromatic rings. The highest BCUT2D eigenvalue weighted by molar-refractivity contribution is 9.10. The van der Waals surface area contributed by atoms with Crippen molar-refractivity contribution in [3.63, 3.8) is 0 Å². The Morgan fingerprint density at radius 1 is 1.30 bits per heavy atom. The molecule has 0 unspecified atom stereocenters. The van der Waals surface area contributed by atoms with E-state index in [1.54, 1.807) is 18.3 Å². The Kier molecular flexibility index (Phi) is 5.26. The molecule has 0 aliphatic carbocycles. The average Bonchev–Trinajstić information content (AvgIpc) is 2.47. The molecule has 1 heterocycles. The number of carbonyl (C=O) groups excluding carboxylic acids is 1. The molecule has 0 radical (unpaired) electrons. The summed E-state index contributed by atoms with van der Waals surface area (Å²) >= 11 is 3.23. The van der Waals surface area contributed by atoms with Gasteiger partial charge in [-0.3, -0.25) is 4.79 Å². The van der Waals surface area contributed by atoms with Crippen molar-refractivity contribution in [1.82, 2.24) is 10.3 Å². The molecule has 1 amide bonds. The number of hydrogen-bond donors (Lipinski definition) is 2. The molecule has 104 valence electrons. The maximum absolute atomic E-state index is 12.1. The first-order chi connectivity index (χ1) is 9.69. The SMILES string of the molecule is O=C(N[C@@H](CO)Cc1ccccc1)c1ccnc(Br)c1. The number of halogens is 1. The van der Waals surface area contributed by atoms with E-state index in [0.29, 0.717) is 16.6 Å². The summed E-state index contributed by atoms with van der Waals surface area (Å²) in [4.78, 5) is 16.1. The molecular weight excluding hydrogens is 320 g/mol. The Morgan fingerprint density at radius 3 is 2.70 bits per heavy atom. The summed E-state index contributed by atoms with van der Waals surface area (Å²) in [6, 6.07) is 12.7. The number of aliphatic hydroxyl groups is 1. The highest BCUT2D eigenvalue weighted by atomic mass is 79.9. The molecule has 1 atom stereocenters. The zero-order valence-electron chi connectivity index (χ0n) is 10.8. The summed E-state index contributed by atoms with van der Waals surface area (Å²) in [6.45, 7) is -0.104. The maximum atomic E-state index is 12.1. The fourth-order valence-electron chi connectivity index (χ4n) is 1.87. The lowest BCUT2D eigenvalue weighted by Gasteiger charge is -2.16. The van der Waals surface area contributed by atoms with Crippen LogP contribution >= 0.6 is 15.9 Å². The van der Waals surface area contributed by atoms with Gasteiger partial charge < -0.3 is 10.4 Å². The molecule has 4 nitrogen and oxygen atoms in total. The highest BCUT2D eigenvalue weighted by Crippen LogP contribution is 2.09. The molecule has 0 aliphatic rings. The van der Waals surface area contributed by atoms with Gasteiger partial charge in [-0.25, -0.2) is 4.98 Å². The summed E-state index contributed by atoms with van der Waals surface area (Å²) in [5.74, 6) is -0.219. The molecule has 0 aliphatic heterocycles. The number of nitrogens with one attached hydrogen (secondary N) is 1. The van der Waals surface area contributed by atoms with Gasteiger partial charge >= 0.3 is 0 Å². The molecule has 0 saturated heterocycles. The van der Waals surface area contributed by atoms with Crippen molar-refractivity contribution in [2.75, 3.05) is 6.61 Å². The lowest BCUT2D eigenvalue weighted by Crippen LogP contribution is -2.39. The third-order valence-corrected chi connectivity index (χ3v) is 3.30. The predicted octanol–water partition coefficient (Wildman–Crippen LogP) is 2.18. The minimum Gasteiger partial charge on any atom is -0.394 e. The van der Waals surface area contributed by atoms with E-state index < -0.39 is 0 Å². The highest BCUT2D eigenvalue weighted by Gasteiger charge is 2.13. The van der Waals surface area contributed by atoms with Crippen LogP contribution in [0.15, 0.2) is 53.3 Å². The summed E-state index contributed by atoms with van der Waals surface area (Å²) in [5, 5.41) is 12.2. The Bertz CT molecular complexity index is 575. The van der Waals surface area contributed by atoms with Crippen LogP contribution in [0.5, 0.6) is 0 Å². The molecule has 0 saturated carbocycles. The van der Waals surface area contributed by atoms with E-state index >= 15 is 0 Å². The maximum Gasteiger partial charge on any atom is 0.251 e. The second kappa shape index (κ2) is 7.17. The lowest BCUT2D eigenvalue weighted by atomic mass is 10.1. The van der Waals surface area contributed by atoms with Crippen LogP contribution in [-0.2, 0) is 6.42 Å². The summed E-state index contributed by atoms with van der Waals surface area (Å²) in [6.07, 6.45) is 2.15. The Morgan fingerprint density at radius 2 is 2.05 bits per heavy atom. The van der Waals surface area contributed by atoms with Crippen LogP contribution in [0.4, 0.5) is 0 Å². The fourth-order valence-corrected chi connectivity index (χ4v) is 2.24. The van der Waals surface area contributed by atoms with Crippen LogP contribution in [0.3, 0.4) is 0 Å². The van der Waals surface area contributed by atoms with Crippen molar-refractivity contribution in [2.24, 2.45) is 0 Å². The zero-order chi connectivity index (χ0) is 14.4. The average molecular weight is 335 g/mol. The largest absolute Gasteiger partial charge is 0.394 e. The van der Waals surface area contributed by atoms with Crippen LogP contribution in [0.1, 0.15) is 15.9 Å². The van der Waals surface area contributed by atoms with E-state index in [0.717, 1.165) is 5.56 Å². The number of nitrogens with zero attached hydrogens (tertiary/aromatic N) is 1. The van der Waals surface area contributed by atoms with E-state index in [2.05, 4.69) is 26.2 Å². The van der Waals surface area contributed by atoms with Crippen molar-refractivity contribution in [1.29, 1.82) is 0 Å². The van der Waals surface area contributed by atoms with Crippen LogP contribution < -0.4 is 5.32 Å². The number of aromatic nitrogens is 1. The number of aliphatic hydroxyl groups excluding tert-OH is 1. The van der Waals surface area contributed by atoms with Crippen LogP contribution in [-0.4, -0.2) is 28.6 Å². The van der Waals surface area contributed by atoms with Gasteiger partial charge in [0.05, 0.1) is 12.6 Å². The second-order valence-electron chi connectivity index (χ2n) is 4.41. The van der Waals surface area contributed by atoms with Gasteiger partial charge in [-0.2, -0.15) is 0 Å². The molecule has 0 bridgehead atoms. The summed E-state index contributed by atoms with van der Waals surface area (Å²) in [7, 11) is 0. The number of carbonyl (C=O) groups is 1. The molecule has 0 spiro atoms. The Balaban J connectivity index is 2.01. The van der Waals surface area contributed by atoms with Crippen molar-refractivity contribution in [3.05, 3.63) is 64.4 Å². The predicted molar refractivity (Wildman–Crippen MR) is 80.4 cm³/mol. The second-order valence-corrected chi connectivity index (χ2v) is 5.22. The molecule has 1 aromatic heterocycles. The quantitative estimate of drug-likeness (QED) is 0.824. The van der Waals surface area contributed by atoms with Gasteiger partial charge in [0.2, 0.25) is 0 Å². The number of benzene rings is 1. The number of amides is 1. The van der Waals surface area contributed by atoms with Crippen molar-refractivity contribution < 1.29 is 9.90 Å². The van der Waals surface area contributed by atoms with Gasteiger partial charge in [-0.15, -0.1) is 0 Å². The van der Waals surface area contributed by atoms with Crippen LogP contribution in [0.2, 0.25) is 0 Å². The first-order valence-electron chi connectivity index (χ1n) is 6.26. The van der Waals surface area contributed by atoms with E-state index in [9.17, 15) is 9.90 Å². The molecule has 0 fully saturated rings. The zero-order valence-corrected chi connectivity index (χ0v) is 12.4. The molecular formula is C15H15BrN2O2. The molecule has 5 heteroatoms. The standard InChI is InChI=1S/C15H15BrN2O2/c16-14-9-12(6-7-17-14)15(20)18-13(10-19)8-11-4-2-1-3-5-11/h1-7,9,13,19H,8,10H2,(H,18,20)/t13-/m1/s1. The molecule has 20 heavy (non-hydrogen) atoms. The van der Waals surface area contributed by atoms with Gasteiger partial charge in [-0.1, -0.05) is 30.3 Å². The molecule has 2 N–H and O–H groups in total. The molecule has 2 rings (SSSR count).